The highest BCUT2D eigenvalue weighted by Gasteiger charge is 2.17. The first-order chi connectivity index (χ1) is 11.4. The molecule has 2 aromatic carbocycles. The van der Waals surface area contributed by atoms with Gasteiger partial charge in [-0.15, -0.1) is 0 Å². The van der Waals surface area contributed by atoms with Gasteiger partial charge in [-0.05, 0) is 43.3 Å². The van der Waals surface area contributed by atoms with E-state index in [0.29, 0.717) is 5.75 Å². The Kier molecular flexibility index (Phi) is 6.00. The topological polar surface area (TPSA) is 64.6 Å². The van der Waals surface area contributed by atoms with Crippen molar-refractivity contribution >= 4 is 40.8 Å². The molecule has 8 heteroatoms. The van der Waals surface area contributed by atoms with Crippen LogP contribution < -0.4 is 10.1 Å². The molecule has 1 N–H and O–H groups in total. The molecule has 2 rings (SSSR count). The first kappa shape index (κ1) is 18.0. The number of carbonyl (C=O) groups excluding carboxylic acids is 2. The van der Waals surface area contributed by atoms with Crippen molar-refractivity contribution < 1.29 is 23.5 Å². The maximum Gasteiger partial charge on any atom is 0.397 e. The molecule has 0 aliphatic heterocycles. The summed E-state index contributed by atoms with van der Waals surface area (Å²) in [4.78, 5) is 22.9. The third kappa shape index (κ3) is 4.59. The van der Waals surface area contributed by atoms with Crippen molar-refractivity contribution in [1.82, 2.24) is 0 Å². The fraction of sp³-hybridized carbons (Fsp3) is 0.125. The first-order valence-corrected chi connectivity index (χ1v) is 7.57. The Morgan fingerprint density at radius 3 is 2.25 bits per heavy atom. The number of anilines is 1. The van der Waals surface area contributed by atoms with E-state index in [4.69, 9.17) is 27.9 Å². The van der Waals surface area contributed by atoms with Crippen LogP contribution in [0.5, 0.6) is 11.5 Å². The van der Waals surface area contributed by atoms with E-state index in [1.807, 2.05) is 0 Å². The van der Waals surface area contributed by atoms with Gasteiger partial charge in [0.05, 0.1) is 16.7 Å². The standard InChI is InChI=1S/C16H12Cl2FNO4/c1-2-23-16(22)15(21)20-10-7-12(17)14(13(18)8-10)24-11-5-3-9(19)4-6-11/h3-8H,2H2,1H3,(H,20,21). The quantitative estimate of drug-likeness (QED) is 0.637. The summed E-state index contributed by atoms with van der Waals surface area (Å²) in [6.07, 6.45) is 0. The summed E-state index contributed by atoms with van der Waals surface area (Å²) in [5.41, 5.74) is 0.203. The molecule has 126 valence electrons. The van der Waals surface area contributed by atoms with Crippen LogP contribution in [0.2, 0.25) is 10.0 Å². The van der Waals surface area contributed by atoms with Crippen LogP contribution >= 0.6 is 23.2 Å². The summed E-state index contributed by atoms with van der Waals surface area (Å²) in [6.45, 7) is 1.67. The largest absolute Gasteiger partial charge is 0.459 e. The number of carbonyl (C=O) groups is 2. The second-order valence-electron chi connectivity index (χ2n) is 4.50. The first-order valence-electron chi connectivity index (χ1n) is 6.81. The van der Waals surface area contributed by atoms with Gasteiger partial charge in [0.25, 0.3) is 0 Å². The van der Waals surface area contributed by atoms with E-state index < -0.39 is 17.7 Å². The number of nitrogens with one attached hydrogen (secondary N) is 1. The molecule has 1 amide bonds. The number of hydrogen-bond donors (Lipinski definition) is 1. The lowest BCUT2D eigenvalue weighted by Gasteiger charge is -2.12. The van der Waals surface area contributed by atoms with Gasteiger partial charge in [-0.2, -0.15) is 0 Å². The van der Waals surface area contributed by atoms with Crippen molar-refractivity contribution in [3.05, 3.63) is 52.3 Å². The number of rotatable bonds is 4. The molecule has 0 saturated carbocycles. The third-order valence-electron chi connectivity index (χ3n) is 2.75. The highest BCUT2D eigenvalue weighted by Crippen LogP contribution is 2.38. The van der Waals surface area contributed by atoms with Crippen molar-refractivity contribution in [2.75, 3.05) is 11.9 Å². The molecule has 0 spiro atoms. The van der Waals surface area contributed by atoms with Gasteiger partial charge < -0.3 is 14.8 Å². The molecule has 24 heavy (non-hydrogen) atoms. The van der Waals surface area contributed by atoms with E-state index >= 15 is 0 Å². The molecule has 0 saturated heterocycles. The Balaban J connectivity index is 2.17. The average molecular weight is 372 g/mol. The Morgan fingerprint density at radius 2 is 1.71 bits per heavy atom. The van der Waals surface area contributed by atoms with Gasteiger partial charge in [-0.3, -0.25) is 4.79 Å². The summed E-state index contributed by atoms with van der Waals surface area (Å²) in [5, 5.41) is 2.52. The summed E-state index contributed by atoms with van der Waals surface area (Å²) in [6, 6.07) is 8.01. The molecule has 0 aromatic heterocycles. The Hall–Kier alpha value is -2.31. The van der Waals surface area contributed by atoms with Crippen LogP contribution in [0.15, 0.2) is 36.4 Å². The van der Waals surface area contributed by atoms with Crippen molar-refractivity contribution in [2.24, 2.45) is 0 Å². The lowest BCUT2D eigenvalue weighted by atomic mass is 10.3. The van der Waals surface area contributed by atoms with E-state index in [1.54, 1.807) is 6.92 Å². The van der Waals surface area contributed by atoms with Crippen LogP contribution in [-0.4, -0.2) is 18.5 Å². The average Bonchev–Trinajstić information content (AvgIpc) is 2.53. The van der Waals surface area contributed by atoms with Crippen molar-refractivity contribution in [3.63, 3.8) is 0 Å². The predicted octanol–water partition coefficient (Wildman–Crippen LogP) is 4.43. The Labute approximate surface area is 147 Å². The number of ether oxygens (including phenoxy) is 2. The van der Waals surface area contributed by atoms with Crippen LogP contribution in [0.1, 0.15) is 6.92 Å². The molecular weight excluding hydrogens is 360 g/mol. The molecule has 0 aliphatic rings. The zero-order chi connectivity index (χ0) is 17.7. The minimum Gasteiger partial charge on any atom is -0.459 e. The van der Waals surface area contributed by atoms with Crippen LogP contribution in [0, 0.1) is 5.82 Å². The summed E-state index contributed by atoms with van der Waals surface area (Å²) in [5.74, 6) is -1.90. The van der Waals surface area contributed by atoms with Crippen LogP contribution in [0.4, 0.5) is 10.1 Å². The van der Waals surface area contributed by atoms with Gasteiger partial charge in [0, 0.05) is 5.69 Å². The molecule has 0 atom stereocenters. The van der Waals surface area contributed by atoms with Gasteiger partial charge in [0.15, 0.2) is 5.75 Å². The molecule has 5 nitrogen and oxygen atoms in total. The third-order valence-corrected chi connectivity index (χ3v) is 3.31. The molecule has 0 bridgehead atoms. The summed E-state index contributed by atoms with van der Waals surface area (Å²) < 4.78 is 23.0. The van der Waals surface area contributed by atoms with Crippen LogP contribution in [0.3, 0.4) is 0 Å². The van der Waals surface area contributed by atoms with E-state index in [-0.39, 0.29) is 28.1 Å². The normalized spacial score (nSPS) is 10.2. The van der Waals surface area contributed by atoms with E-state index in [9.17, 15) is 14.0 Å². The van der Waals surface area contributed by atoms with Crippen molar-refractivity contribution in [1.29, 1.82) is 0 Å². The fourth-order valence-corrected chi connectivity index (χ4v) is 2.29. The van der Waals surface area contributed by atoms with E-state index in [1.165, 1.54) is 36.4 Å². The maximum absolute atomic E-state index is 12.9. The Bertz CT molecular complexity index is 742. The van der Waals surface area contributed by atoms with Crippen molar-refractivity contribution in [2.45, 2.75) is 6.92 Å². The molecule has 0 fully saturated rings. The highest BCUT2D eigenvalue weighted by atomic mass is 35.5. The van der Waals surface area contributed by atoms with E-state index in [2.05, 4.69) is 10.1 Å². The zero-order valence-corrected chi connectivity index (χ0v) is 13.9. The second kappa shape index (κ2) is 7.99. The lowest BCUT2D eigenvalue weighted by molar-refractivity contribution is -0.152. The van der Waals surface area contributed by atoms with Gasteiger partial charge in [0.2, 0.25) is 0 Å². The van der Waals surface area contributed by atoms with Gasteiger partial charge in [-0.25, -0.2) is 9.18 Å². The number of halogens is 3. The van der Waals surface area contributed by atoms with Crippen LogP contribution in [-0.2, 0) is 14.3 Å². The number of benzene rings is 2. The smallest absolute Gasteiger partial charge is 0.397 e. The minimum absolute atomic E-state index is 0.0816. The summed E-state index contributed by atoms with van der Waals surface area (Å²) in [7, 11) is 0. The molecule has 2 aromatic rings. The van der Waals surface area contributed by atoms with Crippen LogP contribution in [0.25, 0.3) is 0 Å². The molecule has 0 aliphatic carbocycles. The second-order valence-corrected chi connectivity index (χ2v) is 5.31. The Morgan fingerprint density at radius 1 is 1.12 bits per heavy atom. The number of amides is 1. The highest BCUT2D eigenvalue weighted by molar-refractivity contribution is 6.39. The number of esters is 1. The molecule has 0 heterocycles. The fourth-order valence-electron chi connectivity index (χ4n) is 1.73. The SMILES string of the molecule is CCOC(=O)C(=O)Nc1cc(Cl)c(Oc2ccc(F)cc2)c(Cl)c1. The van der Waals surface area contributed by atoms with Gasteiger partial charge in [-0.1, -0.05) is 23.2 Å². The van der Waals surface area contributed by atoms with E-state index in [0.717, 1.165) is 0 Å². The minimum atomic E-state index is -1.02. The van der Waals surface area contributed by atoms with Gasteiger partial charge >= 0.3 is 11.9 Å². The number of hydrogen-bond acceptors (Lipinski definition) is 4. The predicted molar refractivity (Wildman–Crippen MR) is 88.2 cm³/mol. The van der Waals surface area contributed by atoms with Crippen molar-refractivity contribution in [3.8, 4) is 11.5 Å². The molecule has 0 radical (unpaired) electrons. The lowest BCUT2D eigenvalue weighted by Crippen LogP contribution is -2.24. The maximum atomic E-state index is 12.9. The zero-order valence-electron chi connectivity index (χ0n) is 12.4. The summed E-state index contributed by atoms with van der Waals surface area (Å²) >= 11 is 12.2. The molecule has 0 unspecified atom stereocenters. The van der Waals surface area contributed by atoms with Gasteiger partial charge in [0.1, 0.15) is 11.6 Å². The monoisotopic (exact) mass is 371 g/mol. The molecular formula is C16H12Cl2FNO4.